The predicted molar refractivity (Wildman–Crippen MR) is 83.9 cm³/mol. The molecule has 0 N–H and O–H groups in total. The van der Waals surface area contributed by atoms with Crippen LogP contribution in [0.25, 0.3) is 11.0 Å². The van der Waals surface area contributed by atoms with Crippen molar-refractivity contribution in [2.75, 3.05) is 13.1 Å². The highest BCUT2D eigenvalue weighted by atomic mass is 79.9. The molecule has 3 nitrogen and oxygen atoms in total. The number of halogens is 1. The van der Waals surface area contributed by atoms with Crippen molar-refractivity contribution < 1.29 is 4.42 Å². The van der Waals surface area contributed by atoms with Gasteiger partial charge in [0.2, 0.25) is 0 Å². The Kier molecular flexibility index (Phi) is 3.94. The second-order valence-corrected chi connectivity index (χ2v) is 6.63. The molecule has 1 unspecified atom stereocenters. The first-order valence-electron chi connectivity index (χ1n) is 7.06. The predicted octanol–water partition coefficient (Wildman–Crippen LogP) is 3.79. The van der Waals surface area contributed by atoms with E-state index < -0.39 is 0 Å². The highest BCUT2D eigenvalue weighted by Gasteiger charge is 2.17. The van der Waals surface area contributed by atoms with E-state index in [4.69, 9.17) is 4.42 Å². The Morgan fingerprint density at radius 3 is 3.05 bits per heavy atom. The average molecular weight is 336 g/mol. The lowest BCUT2D eigenvalue weighted by Crippen LogP contribution is -2.33. The number of hydrogen-bond donors (Lipinski definition) is 0. The summed E-state index contributed by atoms with van der Waals surface area (Å²) >= 11 is 3.42. The number of fused-ring (bicyclic) bond motifs is 1. The molecule has 0 bridgehead atoms. The minimum Gasteiger partial charge on any atom is -0.423 e. The first-order chi connectivity index (χ1) is 9.61. The Hall–Kier alpha value is -1.13. The summed E-state index contributed by atoms with van der Waals surface area (Å²) < 4.78 is 6.22. The monoisotopic (exact) mass is 335 g/mol. The van der Waals surface area contributed by atoms with Gasteiger partial charge in [0.25, 0.3) is 0 Å². The van der Waals surface area contributed by atoms with Gasteiger partial charge in [-0.05, 0) is 49.1 Å². The lowest BCUT2D eigenvalue weighted by Gasteiger charge is -2.30. The van der Waals surface area contributed by atoms with Crippen LogP contribution in [0.3, 0.4) is 0 Å². The summed E-state index contributed by atoms with van der Waals surface area (Å²) in [6.07, 6.45) is 2.55. The van der Waals surface area contributed by atoms with Gasteiger partial charge >= 0.3 is 5.63 Å². The number of nitrogens with zero attached hydrogens (tertiary/aromatic N) is 1. The zero-order chi connectivity index (χ0) is 14.1. The maximum absolute atomic E-state index is 11.7. The van der Waals surface area contributed by atoms with E-state index >= 15 is 0 Å². The first-order valence-corrected chi connectivity index (χ1v) is 7.86. The molecule has 1 atom stereocenters. The molecule has 1 aliphatic heterocycles. The van der Waals surface area contributed by atoms with Crippen molar-refractivity contribution in [3.63, 3.8) is 0 Å². The van der Waals surface area contributed by atoms with Crippen molar-refractivity contribution in [2.24, 2.45) is 5.92 Å². The van der Waals surface area contributed by atoms with Crippen LogP contribution in [0.1, 0.15) is 25.3 Å². The van der Waals surface area contributed by atoms with Gasteiger partial charge < -0.3 is 4.42 Å². The minimum atomic E-state index is -0.268. The number of piperidine rings is 1. The molecule has 0 aliphatic carbocycles. The molecule has 1 saturated heterocycles. The third kappa shape index (κ3) is 2.96. The zero-order valence-corrected chi connectivity index (χ0v) is 13.1. The highest BCUT2D eigenvalue weighted by molar-refractivity contribution is 9.10. The summed E-state index contributed by atoms with van der Waals surface area (Å²) in [5.74, 6) is 0.740. The van der Waals surface area contributed by atoms with Gasteiger partial charge in [0.15, 0.2) is 0 Å². The molecule has 1 aromatic heterocycles. The van der Waals surface area contributed by atoms with Crippen LogP contribution in [0.4, 0.5) is 0 Å². The fourth-order valence-corrected chi connectivity index (χ4v) is 3.35. The lowest BCUT2D eigenvalue weighted by molar-refractivity contribution is 0.177. The summed E-state index contributed by atoms with van der Waals surface area (Å²) in [6.45, 7) is 5.34. The highest BCUT2D eigenvalue weighted by Crippen LogP contribution is 2.24. The van der Waals surface area contributed by atoms with Gasteiger partial charge in [0.1, 0.15) is 5.58 Å². The van der Waals surface area contributed by atoms with Crippen molar-refractivity contribution in [1.82, 2.24) is 4.90 Å². The van der Waals surface area contributed by atoms with Crippen LogP contribution in [-0.4, -0.2) is 18.0 Å². The molecule has 0 spiro atoms. The van der Waals surface area contributed by atoms with Crippen LogP contribution in [0.15, 0.2) is 37.9 Å². The van der Waals surface area contributed by atoms with Gasteiger partial charge in [0, 0.05) is 29.0 Å². The van der Waals surface area contributed by atoms with Crippen LogP contribution in [0.5, 0.6) is 0 Å². The SMILES string of the molecule is CC1CCCN(Cc2cc(=O)oc3cc(Br)ccc23)C1. The van der Waals surface area contributed by atoms with Crippen molar-refractivity contribution in [3.05, 3.63) is 44.7 Å². The van der Waals surface area contributed by atoms with Gasteiger partial charge in [0.05, 0.1) is 0 Å². The van der Waals surface area contributed by atoms with E-state index in [0.717, 1.165) is 41.0 Å². The molecule has 3 rings (SSSR count). The number of benzene rings is 1. The Morgan fingerprint density at radius 1 is 1.40 bits per heavy atom. The molecule has 20 heavy (non-hydrogen) atoms. The normalized spacial score (nSPS) is 20.4. The molecule has 2 heterocycles. The fourth-order valence-electron chi connectivity index (χ4n) is 3.01. The van der Waals surface area contributed by atoms with E-state index in [9.17, 15) is 4.79 Å². The van der Waals surface area contributed by atoms with Crippen LogP contribution in [0.2, 0.25) is 0 Å². The molecule has 2 aromatic rings. The minimum absolute atomic E-state index is 0.268. The lowest BCUT2D eigenvalue weighted by atomic mass is 9.99. The second-order valence-electron chi connectivity index (χ2n) is 5.71. The largest absolute Gasteiger partial charge is 0.423 e. The fraction of sp³-hybridized carbons (Fsp3) is 0.438. The van der Waals surface area contributed by atoms with E-state index in [1.807, 2.05) is 18.2 Å². The molecule has 1 aromatic carbocycles. The smallest absolute Gasteiger partial charge is 0.336 e. The van der Waals surface area contributed by atoms with Gasteiger partial charge in [-0.25, -0.2) is 4.79 Å². The Balaban J connectivity index is 1.96. The average Bonchev–Trinajstić information content (AvgIpc) is 2.37. The standard InChI is InChI=1S/C16H18BrNO2/c1-11-3-2-6-18(9-11)10-12-7-16(19)20-15-8-13(17)4-5-14(12)15/h4-5,7-8,11H,2-3,6,9-10H2,1H3. The quantitative estimate of drug-likeness (QED) is 0.783. The molecule has 1 fully saturated rings. The van der Waals surface area contributed by atoms with Gasteiger partial charge in [-0.1, -0.05) is 22.9 Å². The summed E-state index contributed by atoms with van der Waals surface area (Å²) in [5, 5.41) is 1.03. The molecule has 106 valence electrons. The molecule has 4 heteroatoms. The van der Waals surface area contributed by atoms with E-state index in [1.54, 1.807) is 6.07 Å². The van der Waals surface area contributed by atoms with E-state index in [2.05, 4.69) is 27.8 Å². The molecule has 0 saturated carbocycles. The second kappa shape index (κ2) is 5.70. The Labute approximate surface area is 126 Å². The summed E-state index contributed by atoms with van der Waals surface area (Å²) in [7, 11) is 0. The van der Waals surface area contributed by atoms with E-state index in [0.29, 0.717) is 5.58 Å². The van der Waals surface area contributed by atoms with E-state index in [1.165, 1.54) is 12.8 Å². The number of hydrogen-bond acceptors (Lipinski definition) is 3. The first kappa shape index (κ1) is 13.8. The van der Waals surface area contributed by atoms with Gasteiger partial charge in [-0.2, -0.15) is 0 Å². The molecular formula is C16H18BrNO2. The van der Waals surface area contributed by atoms with Crippen LogP contribution >= 0.6 is 15.9 Å². The third-order valence-corrected chi connectivity index (χ3v) is 4.42. The topological polar surface area (TPSA) is 33.5 Å². The van der Waals surface area contributed by atoms with E-state index in [-0.39, 0.29) is 5.63 Å². The van der Waals surface area contributed by atoms with Crippen molar-refractivity contribution >= 4 is 26.9 Å². The maximum atomic E-state index is 11.7. The third-order valence-electron chi connectivity index (χ3n) is 3.93. The van der Waals surface area contributed by atoms with Gasteiger partial charge in [-0.3, -0.25) is 4.90 Å². The summed E-state index contributed by atoms with van der Waals surface area (Å²) in [6, 6.07) is 7.50. The van der Waals surface area contributed by atoms with Crippen LogP contribution in [0, 0.1) is 5.92 Å². The van der Waals surface area contributed by atoms with Crippen LogP contribution < -0.4 is 5.63 Å². The van der Waals surface area contributed by atoms with Crippen molar-refractivity contribution in [2.45, 2.75) is 26.3 Å². The molecule has 0 amide bonds. The van der Waals surface area contributed by atoms with Crippen LogP contribution in [-0.2, 0) is 6.54 Å². The summed E-state index contributed by atoms with van der Waals surface area (Å²) in [5.41, 5.74) is 1.46. The van der Waals surface area contributed by atoms with Gasteiger partial charge in [-0.15, -0.1) is 0 Å². The molecule has 0 radical (unpaired) electrons. The Bertz CT molecular complexity index is 680. The molecule has 1 aliphatic rings. The molecular weight excluding hydrogens is 318 g/mol. The number of rotatable bonds is 2. The maximum Gasteiger partial charge on any atom is 0.336 e. The summed E-state index contributed by atoms with van der Waals surface area (Å²) in [4.78, 5) is 14.2. The zero-order valence-electron chi connectivity index (χ0n) is 11.6. The van der Waals surface area contributed by atoms with Crippen molar-refractivity contribution in [3.8, 4) is 0 Å². The van der Waals surface area contributed by atoms with Crippen molar-refractivity contribution in [1.29, 1.82) is 0 Å². The number of likely N-dealkylation sites (tertiary alicyclic amines) is 1. The Morgan fingerprint density at radius 2 is 2.25 bits per heavy atom.